The maximum absolute atomic E-state index is 9.86. The Bertz CT molecular complexity index is 248. The molecule has 0 aromatic carbocycles. The van der Waals surface area contributed by atoms with Crippen LogP contribution in [0.2, 0.25) is 0 Å². The van der Waals surface area contributed by atoms with Crippen LogP contribution < -0.4 is 0 Å². The molecule has 0 spiro atoms. The van der Waals surface area contributed by atoms with Crippen molar-refractivity contribution in [3.8, 4) is 0 Å². The predicted molar refractivity (Wildman–Crippen MR) is 45.0 cm³/mol. The van der Waals surface area contributed by atoms with Gasteiger partial charge in [0.25, 0.3) is 0 Å². The predicted octanol–water partition coefficient (Wildman–Crippen LogP) is -0.200. The minimum absolute atomic E-state index is 0.243. The lowest BCUT2D eigenvalue weighted by molar-refractivity contribution is -0.169. The fraction of sp³-hybridized carbons (Fsp3) is 0.778. The Kier molecular flexibility index (Phi) is 1.79. The van der Waals surface area contributed by atoms with Crippen molar-refractivity contribution in [3.63, 3.8) is 0 Å². The summed E-state index contributed by atoms with van der Waals surface area (Å²) in [5, 5.41) is 18.9. The van der Waals surface area contributed by atoms with Gasteiger partial charge in [0.1, 0.15) is 17.8 Å². The van der Waals surface area contributed by atoms with Crippen molar-refractivity contribution in [2.75, 3.05) is 6.61 Å². The fourth-order valence-corrected chi connectivity index (χ4v) is 1.82. The van der Waals surface area contributed by atoms with Gasteiger partial charge in [-0.15, -0.1) is 0 Å². The lowest BCUT2D eigenvalue weighted by Gasteiger charge is -2.26. The van der Waals surface area contributed by atoms with Crippen LogP contribution in [0.1, 0.15) is 13.8 Å². The molecular formula is C9H14O4. The number of ether oxygens (including phenoxy) is 2. The summed E-state index contributed by atoms with van der Waals surface area (Å²) >= 11 is 0. The number of hydrogen-bond acceptors (Lipinski definition) is 4. The zero-order valence-corrected chi connectivity index (χ0v) is 7.73. The van der Waals surface area contributed by atoms with Crippen LogP contribution >= 0.6 is 0 Å². The van der Waals surface area contributed by atoms with E-state index in [4.69, 9.17) is 14.6 Å². The van der Waals surface area contributed by atoms with Gasteiger partial charge in [-0.1, -0.05) is 6.08 Å². The van der Waals surface area contributed by atoms with Crippen molar-refractivity contribution in [2.24, 2.45) is 0 Å². The first-order valence-electron chi connectivity index (χ1n) is 4.35. The number of hydrogen-bond donors (Lipinski definition) is 2. The highest BCUT2D eigenvalue weighted by Crippen LogP contribution is 2.39. The minimum Gasteiger partial charge on any atom is -0.393 e. The van der Waals surface area contributed by atoms with Gasteiger partial charge in [0, 0.05) is 0 Å². The topological polar surface area (TPSA) is 58.9 Å². The molecule has 0 bridgehead atoms. The highest BCUT2D eigenvalue weighted by Gasteiger charge is 2.53. The maximum Gasteiger partial charge on any atom is 0.164 e. The van der Waals surface area contributed by atoms with E-state index < -0.39 is 17.5 Å². The third-order valence-electron chi connectivity index (χ3n) is 2.45. The molecule has 1 aliphatic carbocycles. The molecule has 0 saturated carbocycles. The zero-order chi connectivity index (χ0) is 9.69. The second-order valence-corrected chi connectivity index (χ2v) is 4.03. The van der Waals surface area contributed by atoms with E-state index in [2.05, 4.69) is 0 Å². The van der Waals surface area contributed by atoms with Crippen LogP contribution in [-0.4, -0.2) is 40.4 Å². The molecule has 1 aliphatic heterocycles. The van der Waals surface area contributed by atoms with Crippen molar-refractivity contribution >= 4 is 0 Å². The van der Waals surface area contributed by atoms with Crippen LogP contribution in [0.4, 0.5) is 0 Å². The van der Waals surface area contributed by atoms with Gasteiger partial charge in [-0.2, -0.15) is 0 Å². The largest absolute Gasteiger partial charge is 0.393 e. The third kappa shape index (κ3) is 1.30. The van der Waals surface area contributed by atoms with Crippen molar-refractivity contribution in [1.29, 1.82) is 0 Å². The van der Waals surface area contributed by atoms with Crippen LogP contribution in [0.15, 0.2) is 12.2 Å². The summed E-state index contributed by atoms with van der Waals surface area (Å²) in [5.41, 5.74) is -1.28. The monoisotopic (exact) mass is 186 g/mol. The summed E-state index contributed by atoms with van der Waals surface area (Å²) in [6, 6.07) is 0. The molecule has 0 unspecified atom stereocenters. The molecule has 13 heavy (non-hydrogen) atoms. The third-order valence-corrected chi connectivity index (χ3v) is 2.45. The van der Waals surface area contributed by atoms with E-state index in [0.29, 0.717) is 0 Å². The smallest absolute Gasteiger partial charge is 0.164 e. The van der Waals surface area contributed by atoms with Gasteiger partial charge in [-0.05, 0) is 19.9 Å². The first kappa shape index (κ1) is 9.15. The van der Waals surface area contributed by atoms with Gasteiger partial charge < -0.3 is 19.7 Å². The van der Waals surface area contributed by atoms with Crippen molar-refractivity contribution in [3.05, 3.63) is 12.2 Å². The molecule has 2 aliphatic rings. The summed E-state index contributed by atoms with van der Waals surface area (Å²) < 4.78 is 11.0. The first-order valence-corrected chi connectivity index (χ1v) is 4.35. The van der Waals surface area contributed by atoms with Gasteiger partial charge in [-0.25, -0.2) is 0 Å². The number of aliphatic hydroxyl groups is 2. The Morgan fingerprint density at radius 3 is 2.69 bits per heavy atom. The Balaban J connectivity index is 2.21. The summed E-state index contributed by atoms with van der Waals surface area (Å²) in [6.45, 7) is 3.23. The molecular weight excluding hydrogens is 172 g/mol. The molecule has 0 amide bonds. The molecule has 3 atom stereocenters. The highest BCUT2D eigenvalue weighted by molar-refractivity contribution is 5.21. The van der Waals surface area contributed by atoms with Gasteiger partial charge in [-0.3, -0.25) is 0 Å². The second kappa shape index (κ2) is 2.54. The van der Waals surface area contributed by atoms with Crippen LogP contribution in [-0.2, 0) is 9.47 Å². The SMILES string of the molecule is CC1(C)O[C@H]2C=C[C@@](O)(CO)[C@H]2O1. The number of fused-ring (bicyclic) bond motifs is 1. The summed E-state index contributed by atoms with van der Waals surface area (Å²) in [4.78, 5) is 0. The van der Waals surface area contributed by atoms with Crippen LogP contribution in [0, 0.1) is 0 Å². The molecule has 74 valence electrons. The molecule has 0 aromatic rings. The molecule has 0 radical (unpaired) electrons. The molecule has 4 heteroatoms. The van der Waals surface area contributed by atoms with Crippen LogP contribution in [0.3, 0.4) is 0 Å². The molecule has 4 nitrogen and oxygen atoms in total. The minimum atomic E-state index is -1.28. The van der Waals surface area contributed by atoms with Gasteiger partial charge in [0.2, 0.25) is 0 Å². The molecule has 1 heterocycles. The van der Waals surface area contributed by atoms with Crippen molar-refractivity contribution < 1.29 is 19.7 Å². The first-order chi connectivity index (χ1) is 5.97. The molecule has 1 fully saturated rings. The normalized spacial score (nSPS) is 46.8. The van der Waals surface area contributed by atoms with E-state index in [1.54, 1.807) is 19.9 Å². The van der Waals surface area contributed by atoms with E-state index in [-0.39, 0.29) is 12.7 Å². The molecule has 2 N–H and O–H groups in total. The Morgan fingerprint density at radius 2 is 2.08 bits per heavy atom. The summed E-state index contributed by atoms with van der Waals surface area (Å²) in [6.07, 6.45) is 2.55. The van der Waals surface area contributed by atoms with Gasteiger partial charge in [0.15, 0.2) is 5.79 Å². The average Bonchev–Trinajstić information content (AvgIpc) is 2.49. The van der Waals surface area contributed by atoms with Crippen LogP contribution in [0.25, 0.3) is 0 Å². The number of aliphatic hydroxyl groups excluding tert-OH is 1. The highest BCUT2D eigenvalue weighted by atomic mass is 16.8. The van der Waals surface area contributed by atoms with Crippen molar-refractivity contribution in [1.82, 2.24) is 0 Å². The van der Waals surface area contributed by atoms with Crippen molar-refractivity contribution in [2.45, 2.75) is 37.4 Å². The fourth-order valence-electron chi connectivity index (χ4n) is 1.82. The summed E-state index contributed by atoms with van der Waals surface area (Å²) in [5.74, 6) is -0.677. The van der Waals surface area contributed by atoms with Gasteiger partial charge in [0.05, 0.1) is 6.61 Å². The lowest BCUT2D eigenvalue weighted by atomic mass is 10.0. The number of rotatable bonds is 1. The molecule has 0 aromatic heterocycles. The van der Waals surface area contributed by atoms with E-state index >= 15 is 0 Å². The van der Waals surface area contributed by atoms with E-state index in [0.717, 1.165) is 0 Å². The van der Waals surface area contributed by atoms with Gasteiger partial charge >= 0.3 is 0 Å². The van der Waals surface area contributed by atoms with E-state index in [1.165, 1.54) is 6.08 Å². The molecule has 1 saturated heterocycles. The summed E-state index contributed by atoms with van der Waals surface area (Å²) in [7, 11) is 0. The second-order valence-electron chi connectivity index (χ2n) is 4.03. The van der Waals surface area contributed by atoms with E-state index in [9.17, 15) is 5.11 Å². The Labute approximate surface area is 76.8 Å². The zero-order valence-electron chi connectivity index (χ0n) is 7.73. The standard InChI is InChI=1S/C9H14O4/c1-8(2)12-6-3-4-9(11,5-10)7(6)13-8/h3-4,6-7,10-11H,5H2,1-2H3/t6-,7-,9+/m0/s1. The molecule has 2 rings (SSSR count). The average molecular weight is 186 g/mol. The van der Waals surface area contributed by atoms with E-state index in [1.807, 2.05) is 0 Å². The Hall–Kier alpha value is -0.420. The lowest BCUT2D eigenvalue weighted by Crippen LogP contribution is -2.45. The Morgan fingerprint density at radius 1 is 1.38 bits per heavy atom. The maximum atomic E-state index is 9.86. The quantitative estimate of drug-likeness (QED) is 0.557. The van der Waals surface area contributed by atoms with Crippen LogP contribution in [0.5, 0.6) is 0 Å².